The van der Waals surface area contributed by atoms with Crippen LogP contribution in [-0.4, -0.2) is 14.8 Å². The molecular formula is C9H9N3. The maximum absolute atomic E-state index is 4.26. The number of hydrogen-bond acceptors (Lipinski definition) is 2. The topological polar surface area (TPSA) is 30.7 Å². The van der Waals surface area contributed by atoms with Gasteiger partial charge in [-0.15, -0.1) is 0 Å². The molecule has 0 bridgehead atoms. The molecule has 3 heteroatoms. The molecule has 12 heavy (non-hydrogen) atoms. The molecule has 0 radical (unpaired) electrons. The third-order valence-corrected chi connectivity index (χ3v) is 1.63. The maximum Gasteiger partial charge on any atom is 0.0828 e. The number of rotatable bonds is 1. The van der Waals surface area contributed by atoms with E-state index in [1.165, 1.54) is 0 Å². The summed E-state index contributed by atoms with van der Waals surface area (Å²) in [6, 6.07) is 5.83. The first-order valence-corrected chi connectivity index (χ1v) is 3.79. The van der Waals surface area contributed by atoms with Gasteiger partial charge in [0.2, 0.25) is 0 Å². The van der Waals surface area contributed by atoms with E-state index in [0.29, 0.717) is 0 Å². The van der Waals surface area contributed by atoms with Gasteiger partial charge in [-0.25, -0.2) is 4.68 Å². The summed E-state index contributed by atoms with van der Waals surface area (Å²) >= 11 is 0. The Morgan fingerprint density at radius 1 is 1.33 bits per heavy atom. The number of aryl methyl sites for hydroxylation is 1. The fraction of sp³-hybridized carbons (Fsp3) is 0.111. The number of nitrogens with zero attached hydrogens (tertiary/aromatic N) is 3. The monoisotopic (exact) mass is 159 g/mol. The summed E-state index contributed by atoms with van der Waals surface area (Å²) in [7, 11) is 0. The second-order valence-electron chi connectivity index (χ2n) is 2.61. The molecule has 0 aromatic carbocycles. The van der Waals surface area contributed by atoms with E-state index in [9.17, 15) is 0 Å². The molecule has 60 valence electrons. The molecule has 0 unspecified atom stereocenters. The molecule has 2 aromatic heterocycles. The molecule has 0 amide bonds. The third-order valence-electron chi connectivity index (χ3n) is 1.63. The first-order chi connectivity index (χ1) is 5.86. The van der Waals surface area contributed by atoms with Crippen molar-refractivity contribution in [2.45, 2.75) is 6.92 Å². The lowest BCUT2D eigenvalue weighted by Crippen LogP contribution is -1.94. The molecule has 0 saturated heterocycles. The van der Waals surface area contributed by atoms with Gasteiger partial charge in [-0.3, -0.25) is 4.98 Å². The van der Waals surface area contributed by atoms with Crippen LogP contribution < -0.4 is 0 Å². The Kier molecular flexibility index (Phi) is 1.63. The maximum atomic E-state index is 4.26. The van der Waals surface area contributed by atoms with Crippen LogP contribution in [0.3, 0.4) is 0 Å². The summed E-state index contributed by atoms with van der Waals surface area (Å²) in [6.45, 7) is 1.97. The van der Waals surface area contributed by atoms with Crippen LogP contribution in [0.25, 0.3) is 5.69 Å². The van der Waals surface area contributed by atoms with E-state index in [-0.39, 0.29) is 0 Å². The quantitative estimate of drug-likeness (QED) is 0.632. The molecule has 0 aliphatic heterocycles. The molecule has 0 N–H and O–H groups in total. The first kappa shape index (κ1) is 7.03. The molecule has 3 nitrogen and oxygen atoms in total. The minimum absolute atomic E-state index is 0.991. The van der Waals surface area contributed by atoms with Crippen molar-refractivity contribution in [2.75, 3.05) is 0 Å². The molecule has 2 heterocycles. The van der Waals surface area contributed by atoms with E-state index in [4.69, 9.17) is 0 Å². The molecule has 0 aliphatic rings. The Hall–Kier alpha value is -1.64. The molecule has 0 aliphatic carbocycles. The van der Waals surface area contributed by atoms with Crippen LogP contribution in [0.15, 0.2) is 36.8 Å². The van der Waals surface area contributed by atoms with E-state index in [2.05, 4.69) is 10.1 Å². The molecule has 2 aromatic rings. The van der Waals surface area contributed by atoms with Crippen LogP contribution in [0.1, 0.15) is 5.69 Å². The molecule has 2 rings (SSSR count). The summed E-state index contributed by atoms with van der Waals surface area (Å²) in [5.41, 5.74) is 2.00. The van der Waals surface area contributed by atoms with Gasteiger partial charge in [0.15, 0.2) is 0 Å². The van der Waals surface area contributed by atoms with Gasteiger partial charge < -0.3 is 0 Å². The summed E-state index contributed by atoms with van der Waals surface area (Å²) in [4.78, 5) is 4.01. The van der Waals surface area contributed by atoms with Crippen molar-refractivity contribution < 1.29 is 0 Å². The van der Waals surface area contributed by atoms with Gasteiger partial charge in [0.1, 0.15) is 0 Å². The van der Waals surface area contributed by atoms with Gasteiger partial charge in [-0.1, -0.05) is 0 Å². The van der Waals surface area contributed by atoms with Crippen LogP contribution in [0.2, 0.25) is 0 Å². The lowest BCUT2D eigenvalue weighted by molar-refractivity contribution is 0.857. The fourth-order valence-electron chi connectivity index (χ4n) is 1.05. The largest absolute Gasteiger partial charge is 0.262 e. The van der Waals surface area contributed by atoms with Gasteiger partial charge in [-0.05, 0) is 25.1 Å². The first-order valence-electron chi connectivity index (χ1n) is 3.79. The Bertz CT molecular complexity index is 364. The fourth-order valence-corrected chi connectivity index (χ4v) is 1.05. The Balaban J connectivity index is 2.45. The zero-order chi connectivity index (χ0) is 8.39. The summed E-state index contributed by atoms with van der Waals surface area (Å²) in [6.07, 6.45) is 5.46. The highest BCUT2D eigenvalue weighted by molar-refractivity contribution is 5.26. The SMILES string of the molecule is Cc1ccn(-c2cccnc2)n1. The predicted octanol–water partition coefficient (Wildman–Crippen LogP) is 1.58. The lowest BCUT2D eigenvalue weighted by atomic mass is 10.4. The van der Waals surface area contributed by atoms with Crippen LogP contribution in [0, 0.1) is 6.92 Å². The minimum atomic E-state index is 0.991. The van der Waals surface area contributed by atoms with Gasteiger partial charge in [0, 0.05) is 12.4 Å². The van der Waals surface area contributed by atoms with Crippen molar-refractivity contribution in [1.82, 2.24) is 14.8 Å². The molecule has 0 spiro atoms. The van der Waals surface area contributed by atoms with E-state index in [1.54, 1.807) is 12.4 Å². The van der Waals surface area contributed by atoms with Crippen LogP contribution in [0.4, 0.5) is 0 Å². The minimum Gasteiger partial charge on any atom is -0.262 e. The van der Waals surface area contributed by atoms with Crippen LogP contribution >= 0.6 is 0 Å². The van der Waals surface area contributed by atoms with Crippen molar-refractivity contribution >= 4 is 0 Å². The summed E-state index contributed by atoms with van der Waals surface area (Å²) in [5, 5.41) is 4.26. The van der Waals surface area contributed by atoms with E-state index in [0.717, 1.165) is 11.4 Å². The number of aromatic nitrogens is 3. The Labute approximate surface area is 70.7 Å². The van der Waals surface area contributed by atoms with Gasteiger partial charge >= 0.3 is 0 Å². The highest BCUT2D eigenvalue weighted by Crippen LogP contribution is 2.03. The number of pyridine rings is 1. The van der Waals surface area contributed by atoms with E-state index < -0.39 is 0 Å². The van der Waals surface area contributed by atoms with Gasteiger partial charge in [0.05, 0.1) is 17.6 Å². The predicted molar refractivity (Wildman–Crippen MR) is 46.1 cm³/mol. The van der Waals surface area contributed by atoms with Crippen molar-refractivity contribution in [3.63, 3.8) is 0 Å². The number of hydrogen-bond donors (Lipinski definition) is 0. The van der Waals surface area contributed by atoms with Gasteiger partial charge in [0.25, 0.3) is 0 Å². The van der Waals surface area contributed by atoms with Crippen molar-refractivity contribution in [1.29, 1.82) is 0 Å². The lowest BCUT2D eigenvalue weighted by Gasteiger charge is -1.97. The smallest absolute Gasteiger partial charge is 0.0828 e. The third kappa shape index (κ3) is 1.21. The van der Waals surface area contributed by atoms with Gasteiger partial charge in [-0.2, -0.15) is 5.10 Å². The van der Waals surface area contributed by atoms with Crippen molar-refractivity contribution in [2.24, 2.45) is 0 Å². The summed E-state index contributed by atoms with van der Waals surface area (Å²) < 4.78 is 1.81. The highest BCUT2D eigenvalue weighted by Gasteiger charge is 1.95. The van der Waals surface area contributed by atoms with Crippen LogP contribution in [0.5, 0.6) is 0 Å². The molecular weight excluding hydrogens is 150 g/mol. The highest BCUT2D eigenvalue weighted by atomic mass is 15.3. The van der Waals surface area contributed by atoms with Crippen LogP contribution in [-0.2, 0) is 0 Å². The second kappa shape index (κ2) is 2.77. The second-order valence-corrected chi connectivity index (χ2v) is 2.61. The zero-order valence-corrected chi connectivity index (χ0v) is 6.81. The molecule has 0 fully saturated rings. The Morgan fingerprint density at radius 2 is 2.25 bits per heavy atom. The molecule has 0 atom stereocenters. The molecule has 0 saturated carbocycles. The Morgan fingerprint density at radius 3 is 2.83 bits per heavy atom. The van der Waals surface area contributed by atoms with Crippen molar-refractivity contribution in [3.8, 4) is 5.69 Å². The average Bonchev–Trinajstić information content (AvgIpc) is 2.54. The normalized spacial score (nSPS) is 10.1. The standard InChI is InChI=1S/C9H9N3/c1-8-4-6-12(11-8)9-3-2-5-10-7-9/h2-7H,1H3. The summed E-state index contributed by atoms with van der Waals surface area (Å²) in [5.74, 6) is 0. The van der Waals surface area contributed by atoms with E-state index >= 15 is 0 Å². The zero-order valence-electron chi connectivity index (χ0n) is 6.81. The van der Waals surface area contributed by atoms with E-state index in [1.807, 2.05) is 36.0 Å². The average molecular weight is 159 g/mol. The van der Waals surface area contributed by atoms with Crippen molar-refractivity contribution in [3.05, 3.63) is 42.5 Å².